The van der Waals surface area contributed by atoms with Crippen molar-refractivity contribution in [1.29, 1.82) is 0 Å². The second kappa shape index (κ2) is 15.5. The fraction of sp³-hybridized carbons (Fsp3) is 0.324. The van der Waals surface area contributed by atoms with Crippen LogP contribution in [0.5, 0.6) is 11.5 Å². The summed E-state index contributed by atoms with van der Waals surface area (Å²) in [6.45, 7) is 2.56. The molecule has 0 spiro atoms. The molecule has 1 unspecified atom stereocenters. The first kappa shape index (κ1) is 35.3. The molecule has 0 N–H and O–H groups in total. The monoisotopic (exact) mass is 723 g/mol. The van der Waals surface area contributed by atoms with Crippen LogP contribution in [0.4, 0.5) is 14.9 Å². The number of piperidine rings is 3. The molecule has 3 aromatic carbocycles. The number of halogens is 3. The Bertz CT molecular complexity index is 1850. The molecule has 2 bridgehead atoms. The highest BCUT2D eigenvalue weighted by atomic mass is 35.5. The number of esters is 1. The van der Waals surface area contributed by atoms with Gasteiger partial charge in [0.05, 0.1) is 32.0 Å². The molecule has 3 saturated heterocycles. The summed E-state index contributed by atoms with van der Waals surface area (Å²) in [5.74, 6) is -0.101. The second-order valence-electron chi connectivity index (χ2n) is 12.3. The van der Waals surface area contributed by atoms with Crippen LogP contribution in [-0.4, -0.2) is 56.9 Å². The van der Waals surface area contributed by atoms with E-state index >= 15 is 4.39 Å². The molecule has 3 aliphatic heterocycles. The van der Waals surface area contributed by atoms with E-state index in [2.05, 4.69) is 4.90 Å². The zero-order valence-corrected chi connectivity index (χ0v) is 29.0. The Morgan fingerprint density at radius 3 is 2.36 bits per heavy atom. The van der Waals surface area contributed by atoms with Gasteiger partial charge in [0, 0.05) is 18.5 Å². The average Bonchev–Trinajstić information content (AvgIpc) is 3.12. The predicted molar refractivity (Wildman–Crippen MR) is 185 cm³/mol. The smallest absolute Gasteiger partial charge is 0.415 e. The highest BCUT2D eigenvalue weighted by Gasteiger charge is 2.38. The van der Waals surface area contributed by atoms with Crippen molar-refractivity contribution in [2.45, 2.75) is 38.0 Å². The van der Waals surface area contributed by atoms with Crippen LogP contribution in [-0.2, 0) is 22.4 Å². The lowest BCUT2D eigenvalue weighted by molar-refractivity contribution is -0.605. The lowest BCUT2D eigenvalue weighted by atomic mass is 9.86. The van der Waals surface area contributed by atoms with Crippen LogP contribution < -0.4 is 19.1 Å². The number of fused-ring (bicyclic) bond motifs is 3. The van der Waals surface area contributed by atoms with Crippen LogP contribution in [0.1, 0.15) is 46.0 Å². The predicted octanol–water partition coefficient (Wildman–Crippen LogP) is 7.16. The molecule has 3 aliphatic rings. The van der Waals surface area contributed by atoms with Gasteiger partial charge < -0.3 is 24.2 Å². The van der Waals surface area contributed by atoms with Gasteiger partial charge in [-0.15, -0.1) is 0 Å². The van der Waals surface area contributed by atoms with Crippen LogP contribution >= 0.6 is 23.2 Å². The molecule has 2 atom stereocenters. The van der Waals surface area contributed by atoms with Crippen molar-refractivity contribution in [2.75, 3.05) is 38.8 Å². The van der Waals surface area contributed by atoms with Gasteiger partial charge in [-0.1, -0.05) is 53.5 Å². The fourth-order valence-corrected chi connectivity index (χ4v) is 7.12. The van der Waals surface area contributed by atoms with E-state index in [0.717, 1.165) is 25.9 Å². The van der Waals surface area contributed by atoms with Gasteiger partial charge in [-0.2, -0.15) is 4.73 Å². The Balaban J connectivity index is 1.26. The number of anilines is 1. The van der Waals surface area contributed by atoms with Gasteiger partial charge in [-0.25, -0.2) is 14.0 Å². The third kappa shape index (κ3) is 7.90. The first-order valence-electron chi connectivity index (χ1n) is 16.2. The quantitative estimate of drug-likeness (QED) is 0.0913. The first-order valence-corrected chi connectivity index (χ1v) is 16.9. The summed E-state index contributed by atoms with van der Waals surface area (Å²) in [7, 11) is 3.00. The number of para-hydroxylation sites is 1. The number of aromatic nitrogens is 1. The summed E-state index contributed by atoms with van der Waals surface area (Å²) in [6, 6.07) is 17.7. The molecule has 262 valence electrons. The maximum atomic E-state index is 15.1. The third-order valence-electron chi connectivity index (χ3n) is 9.19. The zero-order valence-electron chi connectivity index (χ0n) is 27.5. The van der Waals surface area contributed by atoms with Crippen molar-refractivity contribution in [2.24, 2.45) is 5.92 Å². The minimum absolute atomic E-state index is 0.0336. The summed E-state index contributed by atoms with van der Waals surface area (Å²) in [5.41, 5.74) is 1.76. The largest absolute Gasteiger partial charge is 0.619 e. The van der Waals surface area contributed by atoms with Gasteiger partial charge in [0.25, 0.3) is 0 Å². The Morgan fingerprint density at radius 1 is 0.980 bits per heavy atom. The number of carbonyl (C=O) groups is 2. The van der Waals surface area contributed by atoms with E-state index < -0.39 is 24.0 Å². The fourth-order valence-electron chi connectivity index (χ4n) is 6.52. The topological polar surface area (TPSA) is 104 Å². The van der Waals surface area contributed by atoms with Gasteiger partial charge in [-0.05, 0) is 79.4 Å². The Labute approximate surface area is 299 Å². The summed E-state index contributed by atoms with van der Waals surface area (Å²) in [5, 5.41) is 12.1. The standard InChI is InChI=1S/C37H36Cl2FN3O7/c1-47-32-11-10-25(17-34(32)48-2)33(18-27-28(38)20-42(46)21-29(27)39)49-36(44)26-7-5-6-23(16-26)19-43(31-9-4-3-8-30(31)40)37(45)50-35-22-41-14-12-24(35)13-15-41/h3-11,16-17,20-21,24,33,35H,12-15,18-19,22H2,1-2H3/t33?,35-/m0/s1. The van der Waals surface area contributed by atoms with Crippen LogP contribution in [0.3, 0.4) is 0 Å². The lowest BCUT2D eigenvalue weighted by Crippen LogP contribution is -2.53. The van der Waals surface area contributed by atoms with Gasteiger partial charge in [0.2, 0.25) is 0 Å². The summed E-state index contributed by atoms with van der Waals surface area (Å²) >= 11 is 12.8. The number of methoxy groups -OCH3 is 2. The van der Waals surface area contributed by atoms with E-state index in [1.54, 1.807) is 54.6 Å². The minimum Gasteiger partial charge on any atom is -0.619 e. The maximum Gasteiger partial charge on any atom is 0.415 e. The van der Waals surface area contributed by atoms with Crippen LogP contribution in [0.2, 0.25) is 10.0 Å². The number of rotatable bonds is 11. The molecule has 7 rings (SSSR count). The average molecular weight is 725 g/mol. The Morgan fingerprint density at radius 2 is 1.70 bits per heavy atom. The molecule has 1 amide bonds. The molecular weight excluding hydrogens is 688 g/mol. The number of carbonyl (C=O) groups excluding carboxylic acids is 2. The van der Waals surface area contributed by atoms with Crippen molar-refractivity contribution >= 4 is 41.0 Å². The molecular formula is C37H36Cl2FN3O7. The first-order chi connectivity index (χ1) is 24.1. The van der Waals surface area contributed by atoms with Gasteiger partial charge in [-0.3, -0.25) is 9.80 Å². The zero-order chi connectivity index (χ0) is 35.4. The van der Waals surface area contributed by atoms with Crippen molar-refractivity contribution < 1.29 is 37.7 Å². The number of hydrogen-bond donors (Lipinski definition) is 0. The molecule has 13 heteroatoms. The van der Waals surface area contributed by atoms with Gasteiger partial charge >= 0.3 is 12.1 Å². The number of benzene rings is 3. The Hall–Kier alpha value is -4.58. The Kier molecular flexibility index (Phi) is 11.0. The summed E-state index contributed by atoms with van der Waals surface area (Å²) in [6.07, 6.45) is 2.42. The molecule has 3 fully saturated rings. The van der Waals surface area contributed by atoms with Crippen molar-refractivity contribution in [1.82, 2.24) is 4.90 Å². The van der Waals surface area contributed by atoms with E-state index in [0.29, 0.717) is 39.5 Å². The van der Waals surface area contributed by atoms with Crippen molar-refractivity contribution in [3.8, 4) is 11.5 Å². The number of ether oxygens (including phenoxy) is 4. The maximum absolute atomic E-state index is 15.1. The lowest BCUT2D eigenvalue weighted by Gasteiger charge is -2.44. The summed E-state index contributed by atoms with van der Waals surface area (Å²) in [4.78, 5) is 31.0. The van der Waals surface area contributed by atoms with E-state index in [1.807, 2.05) is 0 Å². The van der Waals surface area contributed by atoms with Gasteiger partial charge in [0.15, 0.2) is 23.9 Å². The number of amides is 1. The molecule has 0 radical (unpaired) electrons. The van der Waals surface area contributed by atoms with Crippen molar-refractivity contribution in [3.05, 3.63) is 122 Å². The third-order valence-corrected chi connectivity index (χ3v) is 9.84. The number of hydrogen-bond acceptors (Lipinski definition) is 8. The van der Waals surface area contributed by atoms with E-state index in [-0.39, 0.29) is 46.3 Å². The van der Waals surface area contributed by atoms with Gasteiger partial charge in [0.1, 0.15) is 28.1 Å². The molecule has 4 heterocycles. The number of nitrogens with zero attached hydrogens (tertiary/aromatic N) is 3. The molecule has 10 nitrogen and oxygen atoms in total. The molecule has 1 aromatic heterocycles. The minimum atomic E-state index is -0.921. The van der Waals surface area contributed by atoms with Crippen LogP contribution in [0.15, 0.2) is 79.1 Å². The molecule has 0 aliphatic carbocycles. The van der Waals surface area contributed by atoms with Crippen LogP contribution in [0, 0.1) is 16.9 Å². The molecule has 4 aromatic rings. The van der Waals surface area contributed by atoms with Crippen LogP contribution in [0.25, 0.3) is 0 Å². The highest BCUT2D eigenvalue weighted by Crippen LogP contribution is 2.36. The van der Waals surface area contributed by atoms with E-state index in [4.69, 9.17) is 42.1 Å². The normalized spacial score (nSPS) is 18.6. The highest BCUT2D eigenvalue weighted by molar-refractivity contribution is 6.35. The van der Waals surface area contributed by atoms with E-state index in [9.17, 15) is 14.8 Å². The number of pyridine rings is 1. The summed E-state index contributed by atoms with van der Waals surface area (Å²) < 4.78 is 38.5. The molecule has 50 heavy (non-hydrogen) atoms. The SMILES string of the molecule is COc1ccc(C(Cc2c(Cl)c[n+]([O-])cc2Cl)OC(=O)c2cccc(CN(C(=O)O[C@H]3CN4CCC3CC4)c3ccccc3F)c2)cc1OC. The van der Waals surface area contributed by atoms with E-state index in [1.165, 1.54) is 43.6 Å². The second-order valence-corrected chi connectivity index (χ2v) is 13.1. The molecule has 0 saturated carbocycles. The van der Waals surface area contributed by atoms with Crippen molar-refractivity contribution in [3.63, 3.8) is 0 Å².